The van der Waals surface area contributed by atoms with Crippen LogP contribution in [0.3, 0.4) is 0 Å². The number of benzene rings is 2. The number of para-hydroxylation sites is 1. The lowest BCUT2D eigenvalue weighted by Crippen LogP contribution is -2.48. The molecule has 3 heterocycles. The summed E-state index contributed by atoms with van der Waals surface area (Å²) < 4.78 is 16.7. The summed E-state index contributed by atoms with van der Waals surface area (Å²) in [5, 5.41) is 21.5. The zero-order valence-electron chi connectivity index (χ0n) is 15.9. The molecule has 30 heavy (non-hydrogen) atoms. The molecular weight excluding hydrogens is 385 g/mol. The number of rotatable bonds is 3. The second-order valence-electron chi connectivity index (χ2n) is 7.06. The van der Waals surface area contributed by atoms with Crippen LogP contribution in [0.1, 0.15) is 0 Å². The maximum Gasteiger partial charge on any atom is 0.241 e. The minimum absolute atomic E-state index is 0.111. The van der Waals surface area contributed by atoms with Crippen molar-refractivity contribution in [3.63, 3.8) is 0 Å². The van der Waals surface area contributed by atoms with Crippen molar-refractivity contribution in [1.29, 1.82) is 0 Å². The smallest absolute Gasteiger partial charge is 0.241 e. The molecule has 0 spiro atoms. The fourth-order valence-electron chi connectivity index (χ4n) is 3.70. The third kappa shape index (κ3) is 3.07. The Morgan fingerprint density at radius 3 is 2.73 bits per heavy atom. The van der Waals surface area contributed by atoms with Gasteiger partial charge in [-0.25, -0.2) is 4.39 Å². The second kappa shape index (κ2) is 7.23. The number of aromatic hydroxyl groups is 1. The summed E-state index contributed by atoms with van der Waals surface area (Å²) in [6.45, 7) is 1.27. The maximum absolute atomic E-state index is 14.9. The highest BCUT2D eigenvalue weighted by Crippen LogP contribution is 2.30. The first-order valence-electron chi connectivity index (χ1n) is 9.56. The molecule has 0 aliphatic carbocycles. The lowest BCUT2D eigenvalue weighted by molar-refractivity contribution is -0.118. The molecule has 1 fully saturated rings. The number of carbonyl (C=O) groups excluding carboxylic acids is 1. The number of nitrogens with one attached hydrogen (secondary N) is 1. The number of amides is 1. The molecule has 1 saturated heterocycles. The molecule has 150 valence electrons. The number of phenols is 1. The first kappa shape index (κ1) is 18.3. The number of anilines is 1. The van der Waals surface area contributed by atoms with Gasteiger partial charge in [-0.15, -0.1) is 10.2 Å². The van der Waals surface area contributed by atoms with E-state index < -0.39 is 5.82 Å². The predicted octanol–water partition coefficient (Wildman–Crippen LogP) is 2.87. The van der Waals surface area contributed by atoms with Gasteiger partial charge in [-0.3, -0.25) is 4.79 Å². The van der Waals surface area contributed by atoms with Crippen LogP contribution >= 0.6 is 0 Å². The highest BCUT2D eigenvalue weighted by atomic mass is 19.1. The van der Waals surface area contributed by atoms with Gasteiger partial charge in [0.2, 0.25) is 5.91 Å². The highest BCUT2D eigenvalue weighted by molar-refractivity contribution is 5.95. The van der Waals surface area contributed by atoms with Gasteiger partial charge in [0.05, 0.1) is 23.4 Å². The summed E-state index contributed by atoms with van der Waals surface area (Å²) in [4.78, 5) is 13.6. The third-order valence-corrected chi connectivity index (χ3v) is 5.21. The standard InChI is InChI=1S/C22H18FN5O2/c23-16-11-14(5-6-19(16)28-10-8-24-13-22(28)30)27-9-7-17-20(27)12-18(26-25-17)15-3-1-2-4-21(15)29/h1-7,9,11-12,24,29H,8,10,13H2. The van der Waals surface area contributed by atoms with E-state index in [0.717, 1.165) is 5.52 Å². The fraction of sp³-hybridized carbons (Fsp3) is 0.136. The molecule has 8 heteroatoms. The number of aromatic nitrogens is 3. The Labute approximate surface area is 171 Å². The SMILES string of the molecule is O=C1CNCCN1c1ccc(-n2ccc3nnc(-c4ccccc4O)cc32)cc1F. The first-order valence-corrected chi connectivity index (χ1v) is 9.56. The molecule has 2 N–H and O–H groups in total. The van der Waals surface area contributed by atoms with Crippen LogP contribution in [-0.2, 0) is 4.79 Å². The number of hydrogen-bond donors (Lipinski definition) is 2. The molecule has 5 rings (SSSR count). The normalized spacial score (nSPS) is 14.4. The van der Waals surface area contributed by atoms with E-state index in [9.17, 15) is 14.3 Å². The van der Waals surface area contributed by atoms with E-state index in [0.29, 0.717) is 35.6 Å². The minimum Gasteiger partial charge on any atom is -0.507 e. The van der Waals surface area contributed by atoms with Gasteiger partial charge >= 0.3 is 0 Å². The molecule has 1 aliphatic heterocycles. The van der Waals surface area contributed by atoms with Crippen molar-refractivity contribution in [3.8, 4) is 22.7 Å². The molecule has 0 radical (unpaired) electrons. The van der Waals surface area contributed by atoms with Gasteiger partial charge in [0.15, 0.2) is 0 Å². The lowest BCUT2D eigenvalue weighted by Gasteiger charge is -2.27. The summed E-state index contributed by atoms with van der Waals surface area (Å²) in [7, 11) is 0. The molecule has 0 saturated carbocycles. The van der Waals surface area contributed by atoms with E-state index in [1.165, 1.54) is 11.0 Å². The Balaban J connectivity index is 1.56. The topological polar surface area (TPSA) is 83.3 Å². The van der Waals surface area contributed by atoms with Crippen molar-refractivity contribution in [1.82, 2.24) is 20.1 Å². The van der Waals surface area contributed by atoms with Crippen LogP contribution in [0.4, 0.5) is 10.1 Å². The van der Waals surface area contributed by atoms with Crippen LogP contribution in [0, 0.1) is 5.82 Å². The van der Waals surface area contributed by atoms with Crippen molar-refractivity contribution in [2.45, 2.75) is 0 Å². The van der Waals surface area contributed by atoms with Crippen molar-refractivity contribution >= 4 is 22.6 Å². The minimum atomic E-state index is -0.465. The molecule has 2 aromatic heterocycles. The Morgan fingerprint density at radius 2 is 1.93 bits per heavy atom. The van der Waals surface area contributed by atoms with Crippen LogP contribution in [0.25, 0.3) is 28.0 Å². The molecule has 4 aromatic rings. The van der Waals surface area contributed by atoms with Crippen LogP contribution in [0.5, 0.6) is 5.75 Å². The van der Waals surface area contributed by atoms with Gasteiger partial charge < -0.3 is 19.9 Å². The van der Waals surface area contributed by atoms with Gasteiger partial charge in [-0.2, -0.15) is 0 Å². The molecule has 2 aromatic carbocycles. The Bertz CT molecular complexity index is 1270. The summed E-state index contributed by atoms with van der Waals surface area (Å²) >= 11 is 0. The molecular formula is C22H18FN5O2. The Hall–Kier alpha value is -3.78. The molecule has 0 unspecified atom stereocenters. The number of phenolic OH excluding ortho intramolecular Hbond substituents is 1. The summed E-state index contributed by atoms with van der Waals surface area (Å²) in [5.41, 5.74) is 3.34. The molecule has 1 amide bonds. The van der Waals surface area contributed by atoms with Crippen LogP contribution < -0.4 is 10.2 Å². The van der Waals surface area contributed by atoms with Crippen molar-refractivity contribution in [2.75, 3.05) is 24.5 Å². The van der Waals surface area contributed by atoms with E-state index in [1.807, 2.05) is 12.1 Å². The van der Waals surface area contributed by atoms with Gasteiger partial charge in [-0.05, 0) is 36.4 Å². The quantitative estimate of drug-likeness (QED) is 0.550. The summed E-state index contributed by atoms with van der Waals surface area (Å²) in [6, 6.07) is 15.3. The largest absolute Gasteiger partial charge is 0.507 e. The number of hydrogen-bond acceptors (Lipinski definition) is 5. The number of fused-ring (bicyclic) bond motifs is 1. The van der Waals surface area contributed by atoms with Crippen molar-refractivity contribution in [3.05, 3.63) is 66.6 Å². The number of nitrogens with zero attached hydrogens (tertiary/aromatic N) is 4. The third-order valence-electron chi connectivity index (χ3n) is 5.21. The summed E-state index contributed by atoms with van der Waals surface area (Å²) in [6.07, 6.45) is 1.79. The molecule has 0 atom stereocenters. The zero-order valence-corrected chi connectivity index (χ0v) is 15.9. The average molecular weight is 403 g/mol. The zero-order chi connectivity index (χ0) is 20.7. The second-order valence-corrected chi connectivity index (χ2v) is 7.06. The maximum atomic E-state index is 14.9. The Morgan fingerprint density at radius 1 is 1.07 bits per heavy atom. The van der Waals surface area contributed by atoms with Crippen molar-refractivity contribution in [2.24, 2.45) is 0 Å². The molecule has 7 nitrogen and oxygen atoms in total. The average Bonchev–Trinajstić information content (AvgIpc) is 3.18. The predicted molar refractivity (Wildman–Crippen MR) is 111 cm³/mol. The fourth-order valence-corrected chi connectivity index (χ4v) is 3.70. The lowest BCUT2D eigenvalue weighted by atomic mass is 10.1. The van der Waals surface area contributed by atoms with E-state index >= 15 is 0 Å². The number of piperazine rings is 1. The van der Waals surface area contributed by atoms with Gasteiger partial charge in [0, 0.05) is 36.6 Å². The molecule has 1 aliphatic rings. The van der Waals surface area contributed by atoms with Gasteiger partial charge in [0.1, 0.15) is 17.1 Å². The van der Waals surface area contributed by atoms with E-state index in [2.05, 4.69) is 15.5 Å². The van der Waals surface area contributed by atoms with Crippen LogP contribution in [0.2, 0.25) is 0 Å². The number of carbonyl (C=O) groups is 1. The van der Waals surface area contributed by atoms with Crippen LogP contribution in [-0.4, -0.2) is 45.4 Å². The number of halogens is 1. The van der Waals surface area contributed by atoms with Crippen LogP contribution in [0.15, 0.2) is 60.8 Å². The van der Waals surface area contributed by atoms with E-state index in [4.69, 9.17) is 0 Å². The van der Waals surface area contributed by atoms with Gasteiger partial charge in [-0.1, -0.05) is 12.1 Å². The molecule has 0 bridgehead atoms. The van der Waals surface area contributed by atoms with E-state index in [-0.39, 0.29) is 23.9 Å². The van der Waals surface area contributed by atoms with E-state index in [1.54, 1.807) is 47.2 Å². The monoisotopic (exact) mass is 403 g/mol. The highest BCUT2D eigenvalue weighted by Gasteiger charge is 2.22. The summed E-state index contributed by atoms with van der Waals surface area (Å²) in [5.74, 6) is -0.505. The Kier molecular flexibility index (Phi) is 4.40. The van der Waals surface area contributed by atoms with Gasteiger partial charge in [0.25, 0.3) is 0 Å². The first-order chi connectivity index (χ1) is 14.6. The van der Waals surface area contributed by atoms with Crippen molar-refractivity contribution < 1.29 is 14.3 Å².